The molecule has 5 nitrogen and oxygen atoms in total. The van der Waals surface area contributed by atoms with Gasteiger partial charge in [0.05, 0.1) is 33.7 Å². The second-order valence-corrected chi connectivity index (χ2v) is 5.44. The largest absolute Gasteiger partial charge is 0.271 e. The summed E-state index contributed by atoms with van der Waals surface area (Å²) in [5.41, 5.74) is 4.72. The molecule has 0 fully saturated rings. The molecule has 0 aromatic carbocycles. The Bertz CT molecular complexity index is 521. The van der Waals surface area contributed by atoms with Gasteiger partial charge in [-0.05, 0) is 13.8 Å². The van der Waals surface area contributed by atoms with Crippen molar-refractivity contribution in [2.24, 2.45) is 5.84 Å². The molecule has 0 amide bonds. The normalized spacial score (nSPS) is 12.9. The Morgan fingerprint density at radius 1 is 1.61 bits per heavy atom. The number of thiazole rings is 1. The second kappa shape index (κ2) is 5.79. The molecule has 2 aromatic rings. The maximum Gasteiger partial charge on any atom is 0.0897 e. The van der Waals surface area contributed by atoms with Gasteiger partial charge in [0, 0.05) is 18.3 Å². The standard InChI is InChI=1S/C11H16ClN5S/c1-3-17-11(9(12)5-14-17)10(16-13)4-8-6-18-7(2)15-8/h5-6,10,16H,3-4,13H2,1-2H3. The Balaban J connectivity index is 2.25. The van der Waals surface area contributed by atoms with Gasteiger partial charge in [-0.3, -0.25) is 16.0 Å². The van der Waals surface area contributed by atoms with Crippen molar-refractivity contribution in [1.82, 2.24) is 20.2 Å². The molecular formula is C11H16ClN5S. The second-order valence-electron chi connectivity index (χ2n) is 3.97. The lowest BCUT2D eigenvalue weighted by molar-refractivity contribution is 0.487. The molecular weight excluding hydrogens is 270 g/mol. The van der Waals surface area contributed by atoms with Crippen molar-refractivity contribution in [2.45, 2.75) is 32.9 Å². The first kappa shape index (κ1) is 13.5. The SMILES string of the molecule is CCn1ncc(Cl)c1C(Cc1csc(C)n1)NN. The van der Waals surface area contributed by atoms with Gasteiger partial charge in [-0.2, -0.15) is 5.10 Å². The average Bonchev–Trinajstić information content (AvgIpc) is 2.92. The molecule has 0 bridgehead atoms. The molecule has 2 aromatic heterocycles. The lowest BCUT2D eigenvalue weighted by Gasteiger charge is -2.16. The van der Waals surface area contributed by atoms with Crippen molar-refractivity contribution in [3.63, 3.8) is 0 Å². The van der Waals surface area contributed by atoms with E-state index in [0.717, 1.165) is 22.9 Å². The molecule has 0 radical (unpaired) electrons. The quantitative estimate of drug-likeness (QED) is 0.652. The highest BCUT2D eigenvalue weighted by Gasteiger charge is 2.20. The fourth-order valence-electron chi connectivity index (χ4n) is 1.92. The van der Waals surface area contributed by atoms with E-state index in [-0.39, 0.29) is 6.04 Å². The van der Waals surface area contributed by atoms with Gasteiger partial charge in [-0.15, -0.1) is 11.3 Å². The molecule has 3 N–H and O–H groups in total. The van der Waals surface area contributed by atoms with Crippen LogP contribution in [0, 0.1) is 6.92 Å². The van der Waals surface area contributed by atoms with Crippen molar-refractivity contribution in [1.29, 1.82) is 0 Å². The highest BCUT2D eigenvalue weighted by molar-refractivity contribution is 7.09. The molecule has 7 heteroatoms. The van der Waals surface area contributed by atoms with E-state index in [1.54, 1.807) is 17.5 Å². The van der Waals surface area contributed by atoms with Crippen molar-refractivity contribution >= 4 is 22.9 Å². The van der Waals surface area contributed by atoms with Crippen LogP contribution in [-0.2, 0) is 13.0 Å². The van der Waals surface area contributed by atoms with Crippen molar-refractivity contribution in [2.75, 3.05) is 0 Å². The predicted molar refractivity (Wildman–Crippen MR) is 73.5 cm³/mol. The first-order valence-corrected chi connectivity index (χ1v) is 6.99. The van der Waals surface area contributed by atoms with Crippen molar-refractivity contribution in [3.05, 3.63) is 33.0 Å². The van der Waals surface area contributed by atoms with Crippen LogP contribution in [0.2, 0.25) is 5.02 Å². The third-order valence-corrected chi connectivity index (χ3v) is 3.86. The number of hydrazine groups is 1. The summed E-state index contributed by atoms with van der Waals surface area (Å²) in [5, 5.41) is 7.95. The van der Waals surface area contributed by atoms with Gasteiger partial charge in [0.1, 0.15) is 0 Å². The summed E-state index contributed by atoms with van der Waals surface area (Å²) >= 11 is 7.81. The van der Waals surface area contributed by atoms with E-state index in [2.05, 4.69) is 15.5 Å². The van der Waals surface area contributed by atoms with E-state index >= 15 is 0 Å². The third kappa shape index (κ3) is 2.72. The fraction of sp³-hybridized carbons (Fsp3) is 0.455. The van der Waals surface area contributed by atoms with E-state index < -0.39 is 0 Å². The zero-order valence-corrected chi connectivity index (χ0v) is 11.9. The first-order chi connectivity index (χ1) is 8.65. The summed E-state index contributed by atoms with van der Waals surface area (Å²) < 4.78 is 1.85. The number of aryl methyl sites for hydroxylation is 2. The predicted octanol–water partition coefficient (Wildman–Crippen LogP) is 2.07. The van der Waals surface area contributed by atoms with Gasteiger partial charge in [0.25, 0.3) is 0 Å². The molecule has 0 aliphatic heterocycles. The van der Waals surface area contributed by atoms with Crippen molar-refractivity contribution in [3.8, 4) is 0 Å². The van der Waals surface area contributed by atoms with Crippen LogP contribution in [0.25, 0.3) is 0 Å². The number of nitrogens with two attached hydrogens (primary N) is 1. The number of nitrogens with one attached hydrogen (secondary N) is 1. The molecule has 2 rings (SSSR count). The lowest BCUT2D eigenvalue weighted by Crippen LogP contribution is -2.31. The Morgan fingerprint density at radius 3 is 2.94 bits per heavy atom. The highest BCUT2D eigenvalue weighted by atomic mass is 35.5. The summed E-state index contributed by atoms with van der Waals surface area (Å²) in [6.45, 7) is 4.77. The van der Waals surface area contributed by atoms with Crippen LogP contribution in [0.1, 0.15) is 29.4 Å². The van der Waals surface area contributed by atoms with Crippen LogP contribution in [0.4, 0.5) is 0 Å². The molecule has 0 aliphatic carbocycles. The van der Waals surface area contributed by atoms with E-state index in [9.17, 15) is 0 Å². The molecule has 0 spiro atoms. The number of nitrogens with zero attached hydrogens (tertiary/aromatic N) is 3. The summed E-state index contributed by atoms with van der Waals surface area (Å²) in [6, 6.07) is -0.0820. The summed E-state index contributed by atoms with van der Waals surface area (Å²) in [7, 11) is 0. The van der Waals surface area contributed by atoms with Crippen LogP contribution in [-0.4, -0.2) is 14.8 Å². The number of halogens is 1. The molecule has 98 valence electrons. The summed E-state index contributed by atoms with van der Waals surface area (Å²) in [4.78, 5) is 4.44. The zero-order chi connectivity index (χ0) is 13.1. The summed E-state index contributed by atoms with van der Waals surface area (Å²) in [5.74, 6) is 5.64. The molecule has 0 saturated heterocycles. The van der Waals surface area contributed by atoms with Crippen LogP contribution in [0.5, 0.6) is 0 Å². The lowest BCUT2D eigenvalue weighted by atomic mass is 10.1. The Hall–Kier alpha value is -0.950. The molecule has 2 heterocycles. The number of hydrogen-bond donors (Lipinski definition) is 2. The Labute approximate surface area is 115 Å². The van der Waals surface area contributed by atoms with E-state index in [1.807, 2.05) is 23.9 Å². The highest BCUT2D eigenvalue weighted by Crippen LogP contribution is 2.25. The van der Waals surface area contributed by atoms with E-state index in [1.165, 1.54) is 0 Å². The van der Waals surface area contributed by atoms with Gasteiger partial charge >= 0.3 is 0 Å². The number of rotatable bonds is 5. The zero-order valence-electron chi connectivity index (χ0n) is 10.4. The van der Waals surface area contributed by atoms with Crippen molar-refractivity contribution < 1.29 is 0 Å². The van der Waals surface area contributed by atoms with Gasteiger partial charge in [-0.25, -0.2) is 4.98 Å². The van der Waals surface area contributed by atoms with E-state index in [0.29, 0.717) is 11.4 Å². The monoisotopic (exact) mass is 285 g/mol. The van der Waals surface area contributed by atoms with Crippen LogP contribution < -0.4 is 11.3 Å². The molecule has 18 heavy (non-hydrogen) atoms. The first-order valence-electron chi connectivity index (χ1n) is 5.74. The smallest absolute Gasteiger partial charge is 0.0897 e. The topological polar surface area (TPSA) is 68.8 Å². The maximum atomic E-state index is 6.17. The minimum absolute atomic E-state index is 0.0820. The Morgan fingerprint density at radius 2 is 2.39 bits per heavy atom. The maximum absolute atomic E-state index is 6.17. The minimum Gasteiger partial charge on any atom is -0.271 e. The molecule has 0 aliphatic rings. The molecule has 1 atom stereocenters. The van der Waals surface area contributed by atoms with Crippen LogP contribution in [0.3, 0.4) is 0 Å². The van der Waals surface area contributed by atoms with Crippen LogP contribution in [0.15, 0.2) is 11.6 Å². The van der Waals surface area contributed by atoms with Gasteiger partial charge in [0.15, 0.2) is 0 Å². The third-order valence-electron chi connectivity index (χ3n) is 2.74. The summed E-state index contributed by atoms with van der Waals surface area (Å²) in [6.07, 6.45) is 2.35. The van der Waals surface area contributed by atoms with E-state index in [4.69, 9.17) is 17.4 Å². The Kier molecular flexibility index (Phi) is 4.34. The number of aromatic nitrogens is 3. The number of hydrogen-bond acceptors (Lipinski definition) is 5. The fourth-order valence-corrected chi connectivity index (χ4v) is 2.81. The average molecular weight is 286 g/mol. The van der Waals surface area contributed by atoms with Gasteiger partial charge < -0.3 is 0 Å². The molecule has 0 saturated carbocycles. The van der Waals surface area contributed by atoms with Crippen LogP contribution >= 0.6 is 22.9 Å². The minimum atomic E-state index is -0.0820. The molecule has 1 unspecified atom stereocenters. The van der Waals surface area contributed by atoms with Gasteiger partial charge in [0.2, 0.25) is 0 Å². The van der Waals surface area contributed by atoms with Gasteiger partial charge in [-0.1, -0.05) is 11.6 Å².